The minimum absolute atomic E-state index is 0.00238. The van der Waals surface area contributed by atoms with Crippen LogP contribution >= 0.6 is 0 Å². The van der Waals surface area contributed by atoms with Gasteiger partial charge in [0, 0.05) is 25.7 Å². The van der Waals surface area contributed by atoms with Crippen LogP contribution in [0.3, 0.4) is 0 Å². The van der Waals surface area contributed by atoms with E-state index in [0.717, 1.165) is 0 Å². The zero-order valence-corrected chi connectivity index (χ0v) is 18.2. The molecule has 2 fully saturated rings. The first kappa shape index (κ1) is 22.6. The zero-order chi connectivity index (χ0) is 23.4. The van der Waals surface area contributed by atoms with Crippen LogP contribution in [-0.4, -0.2) is 76.7 Å². The predicted octanol–water partition coefficient (Wildman–Crippen LogP) is 1.39. The van der Waals surface area contributed by atoms with E-state index < -0.39 is 18.0 Å². The topological polar surface area (TPSA) is 110 Å². The fourth-order valence-corrected chi connectivity index (χ4v) is 3.79. The van der Waals surface area contributed by atoms with Gasteiger partial charge in [-0.3, -0.25) is 14.5 Å². The summed E-state index contributed by atoms with van der Waals surface area (Å²) in [4.78, 5) is 44.5. The number of Topliss-reactive ketones (excluding diaryl/α,β-unsaturated/α-hetero) is 1. The molecule has 11 nitrogen and oxygen atoms in total. The number of amides is 2. The minimum Gasteiger partial charge on any atom is -0.444 e. The van der Waals surface area contributed by atoms with Crippen molar-refractivity contribution in [1.29, 1.82) is 0 Å². The summed E-state index contributed by atoms with van der Waals surface area (Å²) in [5.74, 6) is -0.736. The van der Waals surface area contributed by atoms with E-state index in [1.54, 1.807) is 23.2 Å². The van der Waals surface area contributed by atoms with Gasteiger partial charge in [-0.2, -0.15) is 0 Å². The Labute approximate surface area is 189 Å². The minimum atomic E-state index is -0.555. The molecular weight excluding hydrogens is 435 g/mol. The van der Waals surface area contributed by atoms with E-state index >= 15 is 4.39 Å². The molecular formula is C21H25FN6O5. The highest BCUT2D eigenvalue weighted by molar-refractivity contribution is 5.90. The smallest absolute Gasteiger partial charge is 0.414 e. The van der Waals surface area contributed by atoms with Gasteiger partial charge in [-0.15, -0.1) is 5.10 Å². The predicted molar refractivity (Wildman–Crippen MR) is 114 cm³/mol. The van der Waals surface area contributed by atoms with Crippen molar-refractivity contribution in [2.24, 2.45) is 0 Å². The van der Waals surface area contributed by atoms with Gasteiger partial charge in [0.1, 0.15) is 24.2 Å². The number of halogens is 1. The number of carbonyl (C=O) groups is 3. The molecule has 176 valence electrons. The van der Waals surface area contributed by atoms with Crippen molar-refractivity contribution in [1.82, 2.24) is 20.1 Å². The number of cyclic esters (lactones) is 1. The third kappa shape index (κ3) is 5.45. The average Bonchev–Trinajstić information content (AvgIpc) is 3.35. The lowest BCUT2D eigenvalue weighted by atomic mass is 10.1. The van der Waals surface area contributed by atoms with Crippen molar-refractivity contribution >= 4 is 29.2 Å². The van der Waals surface area contributed by atoms with Crippen molar-refractivity contribution in [3.63, 3.8) is 0 Å². The van der Waals surface area contributed by atoms with Gasteiger partial charge in [0.2, 0.25) is 0 Å². The molecule has 3 heterocycles. The quantitative estimate of drug-likeness (QED) is 0.610. The van der Waals surface area contributed by atoms with Crippen molar-refractivity contribution in [3.05, 3.63) is 36.4 Å². The fourth-order valence-electron chi connectivity index (χ4n) is 3.79. The fraction of sp³-hybridized carbons (Fsp3) is 0.476. The molecule has 1 aromatic heterocycles. The first-order chi connectivity index (χ1) is 15.9. The Morgan fingerprint density at radius 2 is 2.09 bits per heavy atom. The van der Waals surface area contributed by atoms with Crippen LogP contribution in [0.1, 0.15) is 19.8 Å². The lowest BCUT2D eigenvalue weighted by molar-refractivity contribution is -0.182. The number of benzene rings is 1. The van der Waals surface area contributed by atoms with Gasteiger partial charge < -0.3 is 14.4 Å². The second kappa shape index (κ2) is 9.94. The molecule has 0 N–H and O–H groups in total. The standard InChI is InChI=1S/C21H25FN6O5/c1-15(29)2-4-17-13-27(21(31)33-17)16-3-5-19(18(22)12-16)25-8-9-28(32-11-10-25)20(30)14-26-7-6-23-24-26/h3,5-7,12,17H,2,4,8-11,13-14H2,1H3/t17-/m0/s1. The molecule has 2 aromatic rings. The molecule has 1 atom stereocenters. The van der Waals surface area contributed by atoms with E-state index in [1.807, 2.05) is 0 Å². The number of rotatable bonds is 7. The van der Waals surface area contributed by atoms with E-state index in [1.165, 1.54) is 33.8 Å². The maximum absolute atomic E-state index is 15.0. The van der Waals surface area contributed by atoms with Crippen LogP contribution in [0.25, 0.3) is 0 Å². The summed E-state index contributed by atoms with van der Waals surface area (Å²) in [6.07, 6.45) is 2.89. The Kier molecular flexibility index (Phi) is 6.82. The van der Waals surface area contributed by atoms with E-state index in [9.17, 15) is 14.4 Å². The number of ketones is 1. The Hall–Kier alpha value is -3.54. The molecule has 0 bridgehead atoms. The van der Waals surface area contributed by atoms with Crippen LogP contribution in [0.2, 0.25) is 0 Å². The van der Waals surface area contributed by atoms with Gasteiger partial charge in [-0.1, -0.05) is 5.21 Å². The molecule has 2 aliphatic rings. The molecule has 0 spiro atoms. The lowest BCUT2D eigenvalue weighted by Crippen LogP contribution is -2.36. The first-order valence-electron chi connectivity index (χ1n) is 10.7. The number of nitrogens with zero attached hydrogens (tertiary/aromatic N) is 6. The van der Waals surface area contributed by atoms with Crippen molar-refractivity contribution < 1.29 is 28.3 Å². The van der Waals surface area contributed by atoms with Crippen LogP contribution in [0.5, 0.6) is 0 Å². The number of carbonyl (C=O) groups excluding carboxylic acids is 3. The number of hydroxylamine groups is 2. The molecule has 0 saturated carbocycles. The molecule has 2 saturated heterocycles. The van der Waals surface area contributed by atoms with E-state index in [2.05, 4.69) is 10.3 Å². The van der Waals surface area contributed by atoms with Crippen LogP contribution < -0.4 is 9.80 Å². The molecule has 0 aliphatic carbocycles. The second-order valence-electron chi connectivity index (χ2n) is 7.91. The Balaban J connectivity index is 1.37. The van der Waals surface area contributed by atoms with Gasteiger partial charge in [0.25, 0.3) is 5.91 Å². The van der Waals surface area contributed by atoms with E-state index in [0.29, 0.717) is 37.3 Å². The summed E-state index contributed by atoms with van der Waals surface area (Å²) in [6.45, 7) is 2.99. The highest BCUT2D eigenvalue weighted by Crippen LogP contribution is 2.29. The number of aromatic nitrogens is 3. The molecule has 4 rings (SSSR count). The summed E-state index contributed by atoms with van der Waals surface area (Å²) >= 11 is 0. The number of hydrogen-bond donors (Lipinski definition) is 0. The summed E-state index contributed by atoms with van der Waals surface area (Å²) < 4.78 is 21.7. The third-order valence-electron chi connectivity index (χ3n) is 5.50. The number of hydrogen-bond acceptors (Lipinski definition) is 8. The molecule has 0 radical (unpaired) electrons. The Bertz CT molecular complexity index is 1020. The summed E-state index contributed by atoms with van der Waals surface area (Å²) in [7, 11) is 0. The van der Waals surface area contributed by atoms with Crippen molar-refractivity contribution in [2.75, 3.05) is 42.6 Å². The third-order valence-corrected chi connectivity index (χ3v) is 5.50. The Morgan fingerprint density at radius 3 is 2.82 bits per heavy atom. The first-order valence-corrected chi connectivity index (χ1v) is 10.7. The van der Waals surface area contributed by atoms with E-state index in [4.69, 9.17) is 9.57 Å². The summed E-state index contributed by atoms with van der Waals surface area (Å²) in [6, 6.07) is 4.56. The maximum Gasteiger partial charge on any atom is 0.414 e. The number of anilines is 2. The zero-order valence-electron chi connectivity index (χ0n) is 18.2. The normalized spacial score (nSPS) is 18.9. The summed E-state index contributed by atoms with van der Waals surface area (Å²) in [5.41, 5.74) is 0.746. The average molecular weight is 460 g/mol. The highest BCUT2D eigenvalue weighted by Gasteiger charge is 2.33. The van der Waals surface area contributed by atoms with Crippen LogP contribution in [0.4, 0.5) is 20.6 Å². The van der Waals surface area contributed by atoms with Crippen molar-refractivity contribution in [3.8, 4) is 0 Å². The molecule has 12 heteroatoms. The van der Waals surface area contributed by atoms with Crippen LogP contribution in [0.15, 0.2) is 30.6 Å². The van der Waals surface area contributed by atoms with Crippen LogP contribution in [-0.2, 0) is 25.7 Å². The van der Waals surface area contributed by atoms with Crippen LogP contribution in [0, 0.1) is 5.82 Å². The Morgan fingerprint density at radius 1 is 1.24 bits per heavy atom. The molecule has 2 aliphatic heterocycles. The molecule has 0 unspecified atom stereocenters. The lowest BCUT2D eigenvalue weighted by Gasteiger charge is -2.24. The monoisotopic (exact) mass is 460 g/mol. The van der Waals surface area contributed by atoms with Gasteiger partial charge in [0.15, 0.2) is 0 Å². The molecule has 2 amide bonds. The maximum atomic E-state index is 15.0. The highest BCUT2D eigenvalue weighted by atomic mass is 19.1. The SMILES string of the molecule is CC(=O)CC[C@H]1CN(c2ccc(N3CCON(C(=O)Cn4ccnn4)CC3)c(F)c2)C(=O)O1. The summed E-state index contributed by atoms with van der Waals surface area (Å²) in [5, 5.41) is 8.69. The number of ether oxygens (including phenoxy) is 1. The molecule has 1 aromatic carbocycles. The van der Waals surface area contributed by atoms with E-state index in [-0.39, 0.29) is 37.9 Å². The van der Waals surface area contributed by atoms with Gasteiger partial charge >= 0.3 is 6.09 Å². The largest absolute Gasteiger partial charge is 0.444 e. The van der Waals surface area contributed by atoms with Gasteiger partial charge in [0.05, 0.1) is 37.3 Å². The second-order valence-corrected chi connectivity index (χ2v) is 7.91. The molecule has 33 heavy (non-hydrogen) atoms. The van der Waals surface area contributed by atoms with Crippen molar-refractivity contribution in [2.45, 2.75) is 32.4 Å². The van der Waals surface area contributed by atoms with Gasteiger partial charge in [-0.25, -0.2) is 18.9 Å². The van der Waals surface area contributed by atoms with Gasteiger partial charge in [-0.05, 0) is 31.5 Å².